The average Bonchev–Trinajstić information content (AvgIpc) is 2.96. The van der Waals surface area contributed by atoms with E-state index in [1.807, 2.05) is 47.0 Å². The lowest BCUT2D eigenvalue weighted by molar-refractivity contribution is -0.158. The van der Waals surface area contributed by atoms with Crippen LogP contribution in [0.3, 0.4) is 0 Å². The summed E-state index contributed by atoms with van der Waals surface area (Å²) in [5, 5.41) is 0. The molecule has 2 N–H and O–H groups in total. The van der Waals surface area contributed by atoms with Crippen LogP contribution in [0.4, 0.5) is 0 Å². The minimum Gasteiger partial charge on any atom is -0.462 e. The largest absolute Gasteiger partial charge is 0.462 e. The van der Waals surface area contributed by atoms with E-state index < -0.39 is 11.0 Å². The summed E-state index contributed by atoms with van der Waals surface area (Å²) in [6.07, 6.45) is 21.0. The molecule has 0 aliphatic heterocycles. The van der Waals surface area contributed by atoms with E-state index in [9.17, 15) is 9.59 Å². The molecule has 6 nitrogen and oxygen atoms in total. The summed E-state index contributed by atoms with van der Waals surface area (Å²) in [4.78, 5) is 27.9. The third-order valence-corrected chi connectivity index (χ3v) is 10.0. The Hall–Kier alpha value is -1.40. The molecule has 5 unspecified atom stereocenters. The fourth-order valence-corrected chi connectivity index (χ4v) is 7.08. The standard InChI is InChI=1S/C41H80N2O4/c1-13-15-16-17-18-22-34(5)23-19-24-35(6)26-27-36(47-37(44)25-20-29-43(11)12)40(9,14-2)32-41(10,42)28-21-30-46-38(45)39(7,8)31-33(3)4/h21,28,33-36H,13-20,22-27,29-32,42H2,1-12H3/b28-21+. The summed E-state index contributed by atoms with van der Waals surface area (Å²) in [5.41, 5.74) is 5.43. The second-order valence-corrected chi connectivity index (χ2v) is 17.0. The minimum atomic E-state index is -0.640. The van der Waals surface area contributed by atoms with E-state index in [0.717, 1.165) is 44.6 Å². The number of esters is 2. The SMILES string of the molecule is CCCCCCCC(C)CCCC(C)CCC(OC(=O)CCCN(C)C)C(C)(CC)CC(C)(N)/C=C/COC(=O)C(C)(C)CC(C)C. The highest BCUT2D eigenvalue weighted by Gasteiger charge is 2.39. The lowest BCUT2D eigenvalue weighted by Gasteiger charge is -2.41. The van der Waals surface area contributed by atoms with Crippen molar-refractivity contribution in [2.75, 3.05) is 27.2 Å². The van der Waals surface area contributed by atoms with Crippen LogP contribution in [0.2, 0.25) is 0 Å². The molecule has 0 heterocycles. The van der Waals surface area contributed by atoms with Gasteiger partial charge in [0.15, 0.2) is 0 Å². The molecule has 0 aromatic heterocycles. The molecule has 0 bridgehead atoms. The zero-order valence-electron chi connectivity index (χ0n) is 33.3. The van der Waals surface area contributed by atoms with E-state index >= 15 is 0 Å². The van der Waals surface area contributed by atoms with Crippen LogP contribution in [-0.4, -0.2) is 55.7 Å². The topological polar surface area (TPSA) is 81.9 Å². The monoisotopic (exact) mass is 665 g/mol. The van der Waals surface area contributed by atoms with Crippen molar-refractivity contribution >= 4 is 11.9 Å². The first-order chi connectivity index (χ1) is 21.9. The van der Waals surface area contributed by atoms with Gasteiger partial charge < -0.3 is 20.1 Å². The van der Waals surface area contributed by atoms with Crippen LogP contribution in [0, 0.1) is 28.6 Å². The Kier molecular flexibility index (Phi) is 23.2. The third kappa shape index (κ3) is 22.0. The van der Waals surface area contributed by atoms with Gasteiger partial charge in [0.25, 0.3) is 0 Å². The summed E-state index contributed by atoms with van der Waals surface area (Å²) in [6, 6.07) is 0. The second-order valence-electron chi connectivity index (χ2n) is 17.0. The van der Waals surface area contributed by atoms with Crippen molar-refractivity contribution in [1.82, 2.24) is 4.90 Å². The van der Waals surface area contributed by atoms with Gasteiger partial charge in [0, 0.05) is 17.4 Å². The molecule has 0 aliphatic carbocycles. The molecule has 278 valence electrons. The highest BCUT2D eigenvalue weighted by molar-refractivity contribution is 5.76. The van der Waals surface area contributed by atoms with Gasteiger partial charge in [0.1, 0.15) is 12.7 Å². The number of carbonyl (C=O) groups excluding carboxylic acids is 2. The number of nitrogens with two attached hydrogens (primary N) is 1. The fraction of sp³-hybridized carbons (Fsp3) is 0.902. The molecule has 0 aromatic rings. The molecule has 6 heteroatoms. The van der Waals surface area contributed by atoms with Crippen molar-refractivity contribution in [2.45, 2.75) is 184 Å². The normalized spacial score (nSPS) is 17.0. The zero-order valence-corrected chi connectivity index (χ0v) is 33.3. The van der Waals surface area contributed by atoms with Gasteiger partial charge in [-0.2, -0.15) is 0 Å². The minimum absolute atomic E-state index is 0.109. The molecule has 5 atom stereocenters. The summed E-state index contributed by atoms with van der Waals surface area (Å²) < 4.78 is 11.9. The Labute approximate surface area is 292 Å². The van der Waals surface area contributed by atoms with E-state index in [0.29, 0.717) is 24.7 Å². The molecular weight excluding hydrogens is 584 g/mol. The Balaban J connectivity index is 5.35. The molecule has 0 aliphatic rings. The number of ether oxygens (including phenoxy) is 2. The van der Waals surface area contributed by atoms with E-state index in [1.54, 1.807) is 0 Å². The summed E-state index contributed by atoms with van der Waals surface area (Å²) in [5.74, 6) is 1.51. The number of hydrogen-bond donors (Lipinski definition) is 1. The lowest BCUT2D eigenvalue weighted by Crippen LogP contribution is -2.46. The first-order valence-corrected chi connectivity index (χ1v) is 19.4. The second kappa shape index (κ2) is 23.9. The summed E-state index contributed by atoms with van der Waals surface area (Å²) in [6.45, 7) is 22.7. The van der Waals surface area contributed by atoms with Crippen molar-refractivity contribution in [2.24, 2.45) is 34.3 Å². The van der Waals surface area contributed by atoms with Crippen LogP contribution in [0.1, 0.15) is 172 Å². The molecular formula is C41H80N2O4. The molecule has 0 rings (SSSR count). The number of unbranched alkanes of at least 4 members (excludes halogenated alkanes) is 4. The van der Waals surface area contributed by atoms with Crippen molar-refractivity contribution in [3.05, 3.63) is 12.2 Å². The highest BCUT2D eigenvalue weighted by Crippen LogP contribution is 2.40. The van der Waals surface area contributed by atoms with Crippen LogP contribution in [-0.2, 0) is 19.1 Å². The predicted octanol–water partition coefficient (Wildman–Crippen LogP) is 10.5. The van der Waals surface area contributed by atoms with E-state index in [4.69, 9.17) is 15.2 Å². The predicted molar refractivity (Wildman–Crippen MR) is 201 cm³/mol. The van der Waals surface area contributed by atoms with Gasteiger partial charge in [-0.1, -0.05) is 112 Å². The number of rotatable bonds is 28. The maximum Gasteiger partial charge on any atom is 0.311 e. The van der Waals surface area contributed by atoms with Gasteiger partial charge in [-0.3, -0.25) is 9.59 Å². The maximum atomic E-state index is 13.1. The van der Waals surface area contributed by atoms with Gasteiger partial charge >= 0.3 is 11.9 Å². The van der Waals surface area contributed by atoms with Crippen molar-refractivity contribution in [3.63, 3.8) is 0 Å². The number of carbonyl (C=O) groups is 2. The number of hydrogen-bond acceptors (Lipinski definition) is 6. The quantitative estimate of drug-likeness (QED) is 0.0509. The van der Waals surface area contributed by atoms with Crippen LogP contribution < -0.4 is 5.73 Å². The van der Waals surface area contributed by atoms with E-state index in [1.165, 1.54) is 57.8 Å². The number of nitrogens with zero attached hydrogens (tertiary/aromatic N) is 1. The molecule has 0 fully saturated rings. The van der Waals surface area contributed by atoms with Crippen LogP contribution in [0.5, 0.6) is 0 Å². The Morgan fingerprint density at radius 1 is 0.809 bits per heavy atom. The zero-order chi connectivity index (χ0) is 36.1. The van der Waals surface area contributed by atoms with Crippen molar-refractivity contribution < 1.29 is 19.1 Å². The van der Waals surface area contributed by atoms with Crippen LogP contribution in [0.15, 0.2) is 12.2 Å². The van der Waals surface area contributed by atoms with Crippen LogP contribution >= 0.6 is 0 Å². The Morgan fingerprint density at radius 3 is 1.98 bits per heavy atom. The molecule has 47 heavy (non-hydrogen) atoms. The van der Waals surface area contributed by atoms with Gasteiger partial charge in [0.2, 0.25) is 0 Å². The first kappa shape index (κ1) is 45.6. The maximum absolute atomic E-state index is 13.1. The Bertz CT molecular complexity index is 866. The molecule has 0 aromatic carbocycles. The highest BCUT2D eigenvalue weighted by atomic mass is 16.5. The lowest BCUT2D eigenvalue weighted by atomic mass is 9.70. The third-order valence-electron chi connectivity index (χ3n) is 10.0. The molecule has 0 radical (unpaired) electrons. The van der Waals surface area contributed by atoms with Gasteiger partial charge in [-0.25, -0.2) is 0 Å². The van der Waals surface area contributed by atoms with Crippen molar-refractivity contribution in [3.8, 4) is 0 Å². The smallest absolute Gasteiger partial charge is 0.311 e. The molecule has 0 amide bonds. The van der Waals surface area contributed by atoms with Crippen LogP contribution in [0.25, 0.3) is 0 Å². The molecule has 0 spiro atoms. The molecule has 0 saturated heterocycles. The van der Waals surface area contributed by atoms with Crippen molar-refractivity contribution in [1.29, 1.82) is 0 Å². The average molecular weight is 665 g/mol. The van der Waals surface area contributed by atoms with Gasteiger partial charge in [-0.15, -0.1) is 0 Å². The first-order valence-electron chi connectivity index (χ1n) is 19.4. The summed E-state index contributed by atoms with van der Waals surface area (Å²) in [7, 11) is 4.06. The Morgan fingerprint density at radius 2 is 1.40 bits per heavy atom. The van der Waals surface area contributed by atoms with Gasteiger partial charge in [0.05, 0.1) is 5.41 Å². The van der Waals surface area contributed by atoms with E-state index in [-0.39, 0.29) is 30.1 Å². The van der Waals surface area contributed by atoms with E-state index in [2.05, 4.69) is 53.4 Å². The summed E-state index contributed by atoms with van der Waals surface area (Å²) >= 11 is 0. The molecule has 0 saturated carbocycles. The van der Waals surface area contributed by atoms with Gasteiger partial charge in [-0.05, 0) is 104 Å². The fourth-order valence-electron chi connectivity index (χ4n) is 7.08.